The van der Waals surface area contributed by atoms with E-state index in [4.69, 9.17) is 10.5 Å². The van der Waals surface area contributed by atoms with Gasteiger partial charge in [0, 0.05) is 24.3 Å². The highest BCUT2D eigenvalue weighted by Gasteiger charge is 2.33. The van der Waals surface area contributed by atoms with Gasteiger partial charge in [-0.1, -0.05) is 36.4 Å². The van der Waals surface area contributed by atoms with Crippen LogP contribution < -0.4 is 10.5 Å². The van der Waals surface area contributed by atoms with Gasteiger partial charge in [-0.15, -0.1) is 0 Å². The number of aromatic nitrogens is 3. The van der Waals surface area contributed by atoms with Crippen molar-refractivity contribution in [3.63, 3.8) is 0 Å². The Kier molecular flexibility index (Phi) is 6.49. The molecule has 2 fully saturated rings. The zero-order valence-corrected chi connectivity index (χ0v) is 21.9. The number of rotatable bonds is 7. The van der Waals surface area contributed by atoms with Gasteiger partial charge in [-0.3, -0.25) is 4.79 Å². The van der Waals surface area contributed by atoms with Gasteiger partial charge in [0.1, 0.15) is 40.9 Å². The second kappa shape index (κ2) is 10.3. The Balaban J connectivity index is 1.32. The summed E-state index contributed by atoms with van der Waals surface area (Å²) in [6.07, 6.45) is 7.22. The van der Waals surface area contributed by atoms with E-state index >= 15 is 0 Å². The number of likely N-dealkylation sites (tertiary alicyclic amines) is 1. The molecule has 0 spiro atoms. The van der Waals surface area contributed by atoms with E-state index in [0.29, 0.717) is 24.8 Å². The summed E-state index contributed by atoms with van der Waals surface area (Å²) in [5, 5.41) is 10.4. The molecular weight excluding hydrogens is 488 g/mol. The molecule has 0 bridgehead atoms. The van der Waals surface area contributed by atoms with Crippen LogP contribution in [-0.2, 0) is 11.3 Å². The third-order valence-electron chi connectivity index (χ3n) is 7.66. The van der Waals surface area contributed by atoms with Crippen molar-refractivity contribution >= 4 is 22.8 Å². The lowest BCUT2D eigenvalue weighted by molar-refractivity contribution is -0.127. The van der Waals surface area contributed by atoms with Crippen LogP contribution in [0.15, 0.2) is 72.6 Å². The van der Waals surface area contributed by atoms with E-state index in [1.165, 1.54) is 6.33 Å². The van der Waals surface area contributed by atoms with Gasteiger partial charge in [0.05, 0.1) is 11.4 Å². The number of ether oxygens (including phenoxy) is 1. The fourth-order valence-corrected chi connectivity index (χ4v) is 5.51. The fourth-order valence-electron chi connectivity index (χ4n) is 5.51. The van der Waals surface area contributed by atoms with E-state index in [1.54, 1.807) is 0 Å². The van der Waals surface area contributed by atoms with Gasteiger partial charge in [0.25, 0.3) is 5.91 Å². The number of nitrogens with two attached hydrogens (primary N) is 1. The average Bonchev–Trinajstić information content (AvgIpc) is 3.58. The number of amides is 1. The minimum absolute atomic E-state index is 0.0339. The summed E-state index contributed by atoms with van der Waals surface area (Å²) < 4.78 is 8.12. The summed E-state index contributed by atoms with van der Waals surface area (Å²) in [7, 11) is 0. The molecule has 2 aromatic carbocycles. The summed E-state index contributed by atoms with van der Waals surface area (Å²) in [6, 6.07) is 19.7. The van der Waals surface area contributed by atoms with E-state index in [2.05, 4.69) is 27.5 Å². The maximum Gasteiger partial charge on any atom is 0.264 e. The minimum atomic E-state index is -0.163. The van der Waals surface area contributed by atoms with Gasteiger partial charge in [-0.2, -0.15) is 5.26 Å². The van der Waals surface area contributed by atoms with Crippen LogP contribution in [0.2, 0.25) is 0 Å². The number of para-hydroxylation sites is 1. The van der Waals surface area contributed by atoms with Crippen molar-refractivity contribution < 1.29 is 9.53 Å². The van der Waals surface area contributed by atoms with E-state index < -0.39 is 0 Å². The first-order valence-electron chi connectivity index (χ1n) is 13.4. The summed E-state index contributed by atoms with van der Waals surface area (Å²) in [6.45, 7) is 3.28. The van der Waals surface area contributed by atoms with Crippen LogP contribution in [0.1, 0.15) is 31.4 Å². The molecule has 1 saturated carbocycles. The molecule has 8 nitrogen and oxygen atoms in total. The third-order valence-corrected chi connectivity index (χ3v) is 7.66. The Morgan fingerprint density at radius 3 is 2.56 bits per heavy atom. The minimum Gasteiger partial charge on any atom is -0.457 e. The highest BCUT2D eigenvalue weighted by atomic mass is 16.5. The Bertz CT molecular complexity index is 1600. The van der Waals surface area contributed by atoms with Crippen molar-refractivity contribution in [3.8, 4) is 28.7 Å². The topological polar surface area (TPSA) is 110 Å². The van der Waals surface area contributed by atoms with Crippen LogP contribution in [0, 0.1) is 24.2 Å². The Morgan fingerprint density at radius 1 is 1.10 bits per heavy atom. The van der Waals surface area contributed by atoms with Gasteiger partial charge < -0.3 is 19.9 Å². The molecule has 2 aliphatic rings. The smallest absolute Gasteiger partial charge is 0.264 e. The number of nitriles is 1. The van der Waals surface area contributed by atoms with Crippen molar-refractivity contribution in [2.45, 2.75) is 45.2 Å². The number of carbonyl (C=O) groups is 1. The molecule has 196 valence electrons. The van der Waals surface area contributed by atoms with Gasteiger partial charge in [-0.05, 0) is 68.4 Å². The molecule has 2 N–H and O–H groups in total. The first-order valence-corrected chi connectivity index (χ1v) is 13.4. The number of fused-ring (bicyclic) bond motifs is 1. The molecule has 4 aromatic rings. The summed E-state index contributed by atoms with van der Waals surface area (Å²) in [5.74, 6) is 2.14. The molecule has 3 heterocycles. The molecule has 0 radical (unpaired) electrons. The largest absolute Gasteiger partial charge is 0.457 e. The number of nitrogens with zero attached hydrogens (tertiary/aromatic N) is 5. The Morgan fingerprint density at radius 2 is 1.85 bits per heavy atom. The lowest BCUT2D eigenvalue weighted by Crippen LogP contribution is -2.39. The standard InChI is InChI=1S/C31H30N6O2/c1-20-27(22-11-13-26(14-12-22)39-25-7-3-2-4-8-25)28-29(33)34-19-35-30(28)37(20)18-24-6-5-15-36(24)31(38)23(17-32)16-21-9-10-21/h2-4,7-8,11-14,16,19,21,24H,5-6,9-10,15,18H2,1H3,(H2,33,34,35)/t24-/m1/s1. The molecule has 39 heavy (non-hydrogen) atoms. The molecule has 1 atom stereocenters. The fraction of sp³-hybridized carbons (Fsp3) is 0.290. The molecule has 1 amide bonds. The summed E-state index contributed by atoms with van der Waals surface area (Å²) >= 11 is 0. The maximum absolute atomic E-state index is 13.3. The number of hydrogen-bond acceptors (Lipinski definition) is 6. The number of nitrogen functional groups attached to an aromatic ring is 1. The Hall–Kier alpha value is -4.64. The summed E-state index contributed by atoms with van der Waals surface area (Å²) in [5.41, 5.74) is 10.4. The molecule has 6 rings (SSSR count). The molecular formula is C31H30N6O2. The third kappa shape index (κ3) is 4.84. The number of hydrogen-bond donors (Lipinski definition) is 1. The number of benzene rings is 2. The summed E-state index contributed by atoms with van der Waals surface area (Å²) in [4.78, 5) is 24.1. The molecule has 1 aliphatic heterocycles. The normalized spacial score (nSPS) is 17.4. The molecule has 2 aromatic heterocycles. The SMILES string of the molecule is Cc1c(-c2ccc(Oc3ccccc3)cc2)c2c(N)ncnc2n1C[C@H]1CCCN1C(=O)C(C#N)=CC1CC1. The van der Waals surface area contributed by atoms with Crippen LogP contribution in [0.4, 0.5) is 5.82 Å². The Labute approximate surface area is 227 Å². The molecule has 1 aliphatic carbocycles. The number of carbonyl (C=O) groups excluding carboxylic acids is 1. The van der Waals surface area contributed by atoms with Crippen molar-refractivity contribution in [2.75, 3.05) is 12.3 Å². The monoisotopic (exact) mass is 518 g/mol. The predicted octanol–water partition coefficient (Wildman–Crippen LogP) is 5.63. The molecule has 1 saturated heterocycles. The molecule has 8 heteroatoms. The maximum atomic E-state index is 13.3. The van der Waals surface area contributed by atoms with Gasteiger partial charge in [0.2, 0.25) is 0 Å². The highest BCUT2D eigenvalue weighted by Crippen LogP contribution is 2.38. The second-order valence-electron chi connectivity index (χ2n) is 10.3. The zero-order valence-electron chi connectivity index (χ0n) is 21.9. The number of anilines is 1. The lowest BCUT2D eigenvalue weighted by Gasteiger charge is -2.25. The van der Waals surface area contributed by atoms with E-state index in [0.717, 1.165) is 65.0 Å². The van der Waals surface area contributed by atoms with Crippen LogP contribution in [0.3, 0.4) is 0 Å². The first kappa shape index (κ1) is 24.7. The zero-order chi connectivity index (χ0) is 26.9. The molecule has 0 unspecified atom stereocenters. The quantitative estimate of drug-likeness (QED) is 0.251. The average molecular weight is 519 g/mol. The number of allylic oxidation sites excluding steroid dienone is 1. The van der Waals surface area contributed by atoms with Gasteiger partial charge in [0.15, 0.2) is 0 Å². The first-order chi connectivity index (χ1) is 19.0. The van der Waals surface area contributed by atoms with Crippen molar-refractivity contribution in [1.29, 1.82) is 5.26 Å². The van der Waals surface area contributed by atoms with Crippen molar-refractivity contribution in [2.24, 2.45) is 5.92 Å². The van der Waals surface area contributed by atoms with Crippen LogP contribution >= 0.6 is 0 Å². The second-order valence-corrected chi connectivity index (χ2v) is 10.3. The van der Waals surface area contributed by atoms with E-state index in [9.17, 15) is 10.1 Å². The van der Waals surface area contributed by atoms with Crippen LogP contribution in [0.5, 0.6) is 11.5 Å². The van der Waals surface area contributed by atoms with Crippen LogP contribution in [-0.4, -0.2) is 37.9 Å². The van der Waals surface area contributed by atoms with Crippen molar-refractivity contribution in [1.82, 2.24) is 19.4 Å². The predicted molar refractivity (Wildman–Crippen MR) is 150 cm³/mol. The van der Waals surface area contributed by atoms with Crippen molar-refractivity contribution in [3.05, 3.63) is 78.3 Å². The van der Waals surface area contributed by atoms with Crippen LogP contribution in [0.25, 0.3) is 22.2 Å². The van der Waals surface area contributed by atoms with Gasteiger partial charge >= 0.3 is 0 Å². The lowest BCUT2D eigenvalue weighted by atomic mass is 10.0. The van der Waals surface area contributed by atoms with E-state index in [-0.39, 0.29) is 17.5 Å². The van der Waals surface area contributed by atoms with E-state index in [1.807, 2.05) is 65.6 Å². The van der Waals surface area contributed by atoms with Gasteiger partial charge in [-0.25, -0.2) is 9.97 Å². The highest BCUT2D eigenvalue weighted by molar-refractivity contribution is 6.02.